The number of ether oxygens (including phenoxy) is 1. The van der Waals surface area contributed by atoms with Crippen molar-refractivity contribution in [1.82, 2.24) is 9.88 Å². The molecule has 0 atom stereocenters. The zero-order valence-electron chi connectivity index (χ0n) is 12.0. The third kappa shape index (κ3) is 3.36. The summed E-state index contributed by atoms with van der Waals surface area (Å²) in [5.74, 6) is 0.911. The van der Waals surface area contributed by atoms with Crippen LogP contribution in [-0.4, -0.2) is 43.8 Å². The Labute approximate surface area is 118 Å². The van der Waals surface area contributed by atoms with Crippen molar-refractivity contribution in [2.24, 2.45) is 0 Å². The fourth-order valence-corrected chi connectivity index (χ4v) is 2.66. The average molecular weight is 279 g/mol. The first kappa shape index (κ1) is 14.1. The number of anilines is 1. The Hall–Kier alpha value is -1.33. The van der Waals surface area contributed by atoms with Crippen LogP contribution in [0.3, 0.4) is 0 Å². The predicted molar refractivity (Wildman–Crippen MR) is 82.4 cm³/mol. The van der Waals surface area contributed by atoms with Crippen LogP contribution >= 0.6 is 11.3 Å². The van der Waals surface area contributed by atoms with Crippen LogP contribution in [0.25, 0.3) is 10.2 Å². The highest BCUT2D eigenvalue weighted by molar-refractivity contribution is 7.22. The minimum atomic E-state index is 0.637. The maximum Gasteiger partial charge on any atom is 0.185 e. The fraction of sp³-hybridized carbons (Fsp3) is 0.500. The number of hydrogen-bond donors (Lipinski definition) is 0. The lowest BCUT2D eigenvalue weighted by atomic mass is 10.3. The first-order chi connectivity index (χ1) is 9.13. The zero-order chi connectivity index (χ0) is 13.8. The molecule has 0 unspecified atom stereocenters. The molecule has 0 aliphatic rings. The molecule has 104 valence electrons. The van der Waals surface area contributed by atoms with Gasteiger partial charge in [-0.2, -0.15) is 0 Å². The van der Waals surface area contributed by atoms with Gasteiger partial charge >= 0.3 is 0 Å². The van der Waals surface area contributed by atoms with E-state index in [9.17, 15) is 0 Å². The number of nitrogens with zero attached hydrogens (tertiary/aromatic N) is 3. The largest absolute Gasteiger partial charge is 0.478 e. The van der Waals surface area contributed by atoms with Gasteiger partial charge in [0.1, 0.15) is 12.5 Å². The molecule has 19 heavy (non-hydrogen) atoms. The highest BCUT2D eigenvalue weighted by Gasteiger charge is 2.07. The van der Waals surface area contributed by atoms with Gasteiger partial charge < -0.3 is 9.64 Å². The van der Waals surface area contributed by atoms with Crippen LogP contribution in [0.1, 0.15) is 13.8 Å². The number of fused-ring (bicyclic) bond motifs is 1. The van der Waals surface area contributed by atoms with Gasteiger partial charge in [-0.25, -0.2) is 4.98 Å². The molecule has 1 heterocycles. The summed E-state index contributed by atoms with van der Waals surface area (Å²) >= 11 is 1.69. The molecule has 0 N–H and O–H groups in total. The molecule has 0 fully saturated rings. The molecule has 0 saturated carbocycles. The SMILES string of the molecule is CCN(CC)COc1ccc2nc(N(C)C)sc2c1. The standard InChI is InChI=1S/C14H21N3OS/c1-5-17(6-2)10-18-11-7-8-12-13(9-11)19-14(15-12)16(3)4/h7-9H,5-6,10H2,1-4H3. The van der Waals surface area contributed by atoms with Crippen LogP contribution in [0.5, 0.6) is 5.75 Å². The van der Waals surface area contributed by atoms with Gasteiger partial charge in [-0.3, -0.25) is 4.90 Å². The van der Waals surface area contributed by atoms with Gasteiger partial charge in [-0.15, -0.1) is 0 Å². The second-order valence-corrected chi connectivity index (χ2v) is 5.61. The monoisotopic (exact) mass is 279 g/mol. The third-order valence-corrected chi connectivity index (χ3v) is 4.23. The van der Waals surface area contributed by atoms with Crippen molar-refractivity contribution >= 4 is 26.7 Å². The lowest BCUT2D eigenvalue weighted by Gasteiger charge is -2.18. The quantitative estimate of drug-likeness (QED) is 0.760. The van der Waals surface area contributed by atoms with Crippen LogP contribution < -0.4 is 9.64 Å². The molecule has 0 amide bonds. The second-order valence-electron chi connectivity index (χ2n) is 4.60. The number of aromatic nitrogens is 1. The summed E-state index contributed by atoms with van der Waals surface area (Å²) in [6.45, 7) is 6.93. The number of benzene rings is 1. The topological polar surface area (TPSA) is 28.6 Å². The molecule has 4 nitrogen and oxygen atoms in total. The lowest BCUT2D eigenvalue weighted by molar-refractivity contribution is 0.138. The van der Waals surface area contributed by atoms with Crippen molar-refractivity contribution in [3.8, 4) is 5.75 Å². The predicted octanol–water partition coefficient (Wildman–Crippen LogP) is 3.04. The molecular formula is C14H21N3OS. The van der Waals surface area contributed by atoms with Crippen molar-refractivity contribution in [3.05, 3.63) is 18.2 Å². The van der Waals surface area contributed by atoms with E-state index in [1.807, 2.05) is 31.1 Å². The second kappa shape index (κ2) is 6.21. The van der Waals surface area contributed by atoms with Crippen molar-refractivity contribution in [1.29, 1.82) is 0 Å². The van der Waals surface area contributed by atoms with Gasteiger partial charge in [-0.05, 0) is 31.3 Å². The van der Waals surface area contributed by atoms with Crippen LogP contribution in [0.2, 0.25) is 0 Å². The van der Waals surface area contributed by atoms with E-state index < -0.39 is 0 Å². The van der Waals surface area contributed by atoms with Crippen molar-refractivity contribution < 1.29 is 4.74 Å². The minimum Gasteiger partial charge on any atom is -0.478 e. The fourth-order valence-electron chi connectivity index (χ4n) is 1.75. The number of hydrogen-bond acceptors (Lipinski definition) is 5. The van der Waals surface area contributed by atoms with Gasteiger partial charge in [0.25, 0.3) is 0 Å². The van der Waals surface area contributed by atoms with E-state index in [-0.39, 0.29) is 0 Å². The molecule has 1 aromatic heterocycles. The van der Waals surface area contributed by atoms with E-state index in [0.717, 1.165) is 29.5 Å². The number of thiazole rings is 1. The molecule has 0 radical (unpaired) electrons. The normalized spacial score (nSPS) is 11.2. The maximum absolute atomic E-state index is 5.82. The van der Waals surface area contributed by atoms with Gasteiger partial charge in [0, 0.05) is 14.1 Å². The average Bonchev–Trinajstić information content (AvgIpc) is 2.83. The lowest BCUT2D eigenvalue weighted by Crippen LogP contribution is -2.27. The molecule has 0 bridgehead atoms. The van der Waals surface area contributed by atoms with Crippen LogP contribution in [0.4, 0.5) is 5.13 Å². The summed E-state index contributed by atoms with van der Waals surface area (Å²) in [4.78, 5) is 8.83. The van der Waals surface area contributed by atoms with E-state index in [4.69, 9.17) is 4.74 Å². The molecule has 2 rings (SSSR count). The van der Waals surface area contributed by atoms with E-state index in [1.165, 1.54) is 4.70 Å². The van der Waals surface area contributed by atoms with E-state index in [0.29, 0.717) is 6.73 Å². The van der Waals surface area contributed by atoms with E-state index >= 15 is 0 Å². The molecular weight excluding hydrogens is 258 g/mol. The van der Waals surface area contributed by atoms with Gasteiger partial charge in [0.05, 0.1) is 10.2 Å². The Balaban J connectivity index is 2.12. The first-order valence-corrected chi connectivity index (χ1v) is 7.38. The molecule has 1 aromatic carbocycles. The highest BCUT2D eigenvalue weighted by Crippen LogP contribution is 2.30. The first-order valence-electron chi connectivity index (χ1n) is 6.57. The van der Waals surface area contributed by atoms with Gasteiger partial charge in [0.15, 0.2) is 5.13 Å². The molecule has 2 aromatic rings. The van der Waals surface area contributed by atoms with Crippen molar-refractivity contribution in [3.63, 3.8) is 0 Å². The van der Waals surface area contributed by atoms with Crippen LogP contribution in [-0.2, 0) is 0 Å². The van der Waals surface area contributed by atoms with Crippen molar-refractivity contribution in [2.75, 3.05) is 38.8 Å². The van der Waals surface area contributed by atoms with E-state index in [2.05, 4.69) is 29.8 Å². The van der Waals surface area contributed by atoms with E-state index in [1.54, 1.807) is 11.3 Å². The minimum absolute atomic E-state index is 0.637. The highest BCUT2D eigenvalue weighted by atomic mass is 32.1. The summed E-state index contributed by atoms with van der Waals surface area (Å²) in [5, 5.41) is 1.02. The van der Waals surface area contributed by atoms with Gasteiger partial charge in [0.2, 0.25) is 0 Å². The number of rotatable bonds is 6. The molecule has 0 saturated heterocycles. The Morgan fingerprint density at radius 3 is 2.58 bits per heavy atom. The molecule has 0 spiro atoms. The Kier molecular flexibility index (Phi) is 4.61. The third-order valence-electron chi connectivity index (χ3n) is 3.04. The summed E-state index contributed by atoms with van der Waals surface area (Å²) in [6, 6.07) is 6.09. The summed E-state index contributed by atoms with van der Waals surface area (Å²) in [6.07, 6.45) is 0. The van der Waals surface area contributed by atoms with Gasteiger partial charge in [-0.1, -0.05) is 25.2 Å². The van der Waals surface area contributed by atoms with Crippen LogP contribution in [0.15, 0.2) is 18.2 Å². The maximum atomic E-state index is 5.82. The zero-order valence-corrected chi connectivity index (χ0v) is 12.8. The smallest absolute Gasteiger partial charge is 0.185 e. The molecule has 0 aliphatic carbocycles. The Morgan fingerprint density at radius 2 is 1.95 bits per heavy atom. The molecule has 5 heteroatoms. The summed E-state index contributed by atoms with van der Waals surface area (Å²) < 4.78 is 6.99. The van der Waals surface area contributed by atoms with Crippen LogP contribution in [0, 0.1) is 0 Å². The molecule has 0 aliphatic heterocycles. The van der Waals surface area contributed by atoms with Crippen molar-refractivity contribution in [2.45, 2.75) is 13.8 Å². The summed E-state index contributed by atoms with van der Waals surface area (Å²) in [5.41, 5.74) is 1.03. The summed E-state index contributed by atoms with van der Waals surface area (Å²) in [7, 11) is 4.02. The Bertz CT molecular complexity index is 534. The Morgan fingerprint density at radius 1 is 1.21 bits per heavy atom.